The Hall–Kier alpha value is -3.15. The lowest BCUT2D eigenvalue weighted by atomic mass is 9.88. The molecule has 2 aromatic carbocycles. The summed E-state index contributed by atoms with van der Waals surface area (Å²) in [4.78, 5) is 31.0. The molecule has 1 heterocycles. The van der Waals surface area contributed by atoms with E-state index in [0.29, 0.717) is 25.4 Å². The molecule has 1 amide bonds. The molecule has 3 aromatic rings. The van der Waals surface area contributed by atoms with E-state index in [1.807, 2.05) is 49.4 Å². The first-order chi connectivity index (χ1) is 16.0. The molecule has 1 fully saturated rings. The molecule has 1 aromatic heterocycles. The third-order valence-corrected chi connectivity index (χ3v) is 6.79. The minimum Gasteiger partial charge on any atom is -0.480 e. The van der Waals surface area contributed by atoms with Crippen molar-refractivity contribution >= 4 is 22.9 Å². The van der Waals surface area contributed by atoms with Crippen molar-refractivity contribution in [3.8, 4) is 0 Å². The summed E-state index contributed by atoms with van der Waals surface area (Å²) in [6, 6.07) is 16.1. The minimum atomic E-state index is -0.982. The van der Waals surface area contributed by atoms with Crippen LogP contribution >= 0.6 is 0 Å². The zero-order valence-corrected chi connectivity index (χ0v) is 19.4. The van der Waals surface area contributed by atoms with Gasteiger partial charge in [0.15, 0.2) is 0 Å². The summed E-state index contributed by atoms with van der Waals surface area (Å²) in [5.74, 6) is 0.397. The van der Waals surface area contributed by atoms with Crippen LogP contribution in [-0.2, 0) is 22.6 Å². The number of carboxylic acids is 1. The van der Waals surface area contributed by atoms with E-state index < -0.39 is 5.97 Å². The number of fused-ring (bicyclic) bond motifs is 1. The largest absolute Gasteiger partial charge is 0.480 e. The van der Waals surface area contributed by atoms with Gasteiger partial charge in [-0.2, -0.15) is 0 Å². The van der Waals surface area contributed by atoms with Gasteiger partial charge < -0.3 is 14.6 Å². The van der Waals surface area contributed by atoms with Crippen molar-refractivity contribution in [2.24, 2.45) is 0 Å². The third kappa shape index (κ3) is 5.62. The monoisotopic (exact) mass is 447 g/mol. The van der Waals surface area contributed by atoms with Gasteiger partial charge in [0.1, 0.15) is 12.4 Å². The zero-order chi connectivity index (χ0) is 23.2. The fraction of sp³-hybridized carbons (Fsp3) is 0.444. The highest BCUT2D eigenvalue weighted by Gasteiger charge is 2.24. The number of carbonyl (C=O) groups is 2. The summed E-state index contributed by atoms with van der Waals surface area (Å²) >= 11 is 0. The molecule has 0 spiro atoms. The van der Waals surface area contributed by atoms with Crippen molar-refractivity contribution in [2.45, 2.75) is 64.3 Å². The van der Waals surface area contributed by atoms with Gasteiger partial charge in [-0.1, -0.05) is 55.7 Å². The van der Waals surface area contributed by atoms with Crippen molar-refractivity contribution in [1.82, 2.24) is 14.5 Å². The van der Waals surface area contributed by atoms with Crippen LogP contribution in [0.1, 0.15) is 61.4 Å². The summed E-state index contributed by atoms with van der Waals surface area (Å²) in [6.45, 7) is 2.68. The van der Waals surface area contributed by atoms with E-state index in [9.17, 15) is 14.7 Å². The number of hydrogen-bond acceptors (Lipinski definition) is 3. The Balaban J connectivity index is 1.49. The molecule has 0 radical (unpaired) electrons. The fourth-order valence-corrected chi connectivity index (χ4v) is 4.97. The van der Waals surface area contributed by atoms with Crippen LogP contribution in [0.25, 0.3) is 11.0 Å². The maximum absolute atomic E-state index is 13.1. The number of aliphatic carboxylic acids is 1. The normalized spacial score (nSPS) is 14.5. The predicted molar refractivity (Wildman–Crippen MR) is 129 cm³/mol. The van der Waals surface area contributed by atoms with Crippen molar-refractivity contribution < 1.29 is 14.7 Å². The van der Waals surface area contributed by atoms with Crippen molar-refractivity contribution in [1.29, 1.82) is 0 Å². The molecular weight excluding hydrogens is 414 g/mol. The maximum atomic E-state index is 13.1. The van der Waals surface area contributed by atoms with Crippen molar-refractivity contribution in [2.75, 3.05) is 13.1 Å². The van der Waals surface area contributed by atoms with E-state index in [1.54, 1.807) is 0 Å². The van der Waals surface area contributed by atoms with Crippen molar-refractivity contribution in [3.05, 3.63) is 65.5 Å². The number of para-hydroxylation sites is 2. The van der Waals surface area contributed by atoms with Crippen molar-refractivity contribution in [3.63, 3.8) is 0 Å². The van der Waals surface area contributed by atoms with Gasteiger partial charge in [0, 0.05) is 25.4 Å². The van der Waals surface area contributed by atoms with E-state index in [1.165, 1.54) is 24.2 Å². The highest BCUT2D eigenvalue weighted by molar-refractivity contribution is 5.82. The van der Waals surface area contributed by atoms with Gasteiger partial charge in [0.2, 0.25) is 5.91 Å². The number of imidazole rings is 1. The summed E-state index contributed by atoms with van der Waals surface area (Å²) in [7, 11) is 0. The Kier molecular flexibility index (Phi) is 7.43. The molecule has 6 nitrogen and oxygen atoms in total. The number of amides is 1. The van der Waals surface area contributed by atoms with Crippen LogP contribution in [0.5, 0.6) is 0 Å². The van der Waals surface area contributed by atoms with Crippen LogP contribution in [-0.4, -0.2) is 44.5 Å². The zero-order valence-electron chi connectivity index (χ0n) is 19.4. The molecule has 33 heavy (non-hydrogen) atoms. The first-order valence-electron chi connectivity index (χ1n) is 12.0. The minimum absolute atomic E-state index is 0.127. The Labute approximate surface area is 195 Å². The number of nitrogens with zero attached hydrogens (tertiary/aromatic N) is 3. The number of carboxylic acid groups (broad SMARTS) is 1. The maximum Gasteiger partial charge on any atom is 0.323 e. The molecule has 1 aliphatic carbocycles. The highest BCUT2D eigenvalue weighted by Crippen LogP contribution is 2.34. The Morgan fingerprint density at radius 3 is 2.55 bits per heavy atom. The molecule has 1 N–H and O–H groups in total. The van der Waals surface area contributed by atoms with Gasteiger partial charge in [0.05, 0.1) is 11.0 Å². The molecule has 1 aliphatic rings. The second-order valence-corrected chi connectivity index (χ2v) is 9.08. The summed E-state index contributed by atoms with van der Waals surface area (Å²) in [5, 5.41) is 9.38. The molecule has 4 rings (SSSR count). The highest BCUT2D eigenvalue weighted by atomic mass is 16.4. The Morgan fingerprint density at radius 1 is 1.06 bits per heavy atom. The quantitative estimate of drug-likeness (QED) is 0.504. The first-order valence-corrected chi connectivity index (χ1v) is 12.0. The summed E-state index contributed by atoms with van der Waals surface area (Å²) in [5.41, 5.74) is 4.31. The molecular formula is C27H33N3O3. The van der Waals surface area contributed by atoms with Crippen LogP contribution in [0.2, 0.25) is 0 Å². The number of hydrogen-bond donors (Lipinski definition) is 1. The van der Waals surface area contributed by atoms with Gasteiger partial charge in [-0.15, -0.1) is 0 Å². The third-order valence-electron chi connectivity index (χ3n) is 6.79. The van der Waals surface area contributed by atoms with E-state index in [0.717, 1.165) is 40.8 Å². The van der Waals surface area contributed by atoms with Crippen LogP contribution in [0.4, 0.5) is 0 Å². The molecule has 0 aliphatic heterocycles. The predicted octanol–water partition coefficient (Wildman–Crippen LogP) is 4.94. The lowest BCUT2D eigenvalue weighted by molar-refractivity contribution is -0.144. The second kappa shape index (κ2) is 10.6. The van der Waals surface area contributed by atoms with Gasteiger partial charge in [-0.3, -0.25) is 9.59 Å². The lowest BCUT2D eigenvalue weighted by Crippen LogP contribution is -2.37. The van der Waals surface area contributed by atoms with Crippen LogP contribution < -0.4 is 0 Å². The molecule has 0 bridgehead atoms. The second-order valence-electron chi connectivity index (χ2n) is 9.08. The SMILES string of the molecule is Cc1ccccc1CCN(CC(=O)O)C(=O)CCn1c(C2CCCCC2)nc2ccccc21. The van der Waals surface area contributed by atoms with Crippen LogP contribution in [0.3, 0.4) is 0 Å². The van der Waals surface area contributed by atoms with Crippen LogP contribution in [0, 0.1) is 6.92 Å². The van der Waals surface area contributed by atoms with Gasteiger partial charge in [-0.25, -0.2) is 4.98 Å². The summed E-state index contributed by atoms with van der Waals surface area (Å²) < 4.78 is 2.20. The fourth-order valence-electron chi connectivity index (χ4n) is 4.97. The Morgan fingerprint density at radius 2 is 1.79 bits per heavy atom. The first kappa shape index (κ1) is 23.0. The summed E-state index contributed by atoms with van der Waals surface area (Å²) in [6.07, 6.45) is 6.91. The molecule has 174 valence electrons. The molecule has 0 saturated heterocycles. The number of rotatable bonds is 9. The van der Waals surface area contributed by atoms with E-state index in [2.05, 4.69) is 10.6 Å². The molecule has 6 heteroatoms. The number of benzene rings is 2. The molecule has 0 atom stereocenters. The number of aryl methyl sites for hydroxylation is 2. The Bertz CT molecular complexity index is 1110. The van der Waals surface area contributed by atoms with E-state index in [4.69, 9.17) is 4.98 Å². The average molecular weight is 448 g/mol. The topological polar surface area (TPSA) is 75.4 Å². The standard InChI is InChI=1S/C27H33N3O3/c1-20-9-5-6-10-21(20)15-17-29(19-26(32)33)25(31)16-18-30-24-14-8-7-13-23(24)28-27(30)22-11-3-2-4-12-22/h5-10,13-14,22H,2-4,11-12,15-19H2,1H3,(H,32,33). The number of aromatic nitrogens is 2. The number of carbonyl (C=O) groups excluding carboxylic acids is 1. The van der Waals surface area contributed by atoms with E-state index in [-0.39, 0.29) is 18.9 Å². The molecule has 1 saturated carbocycles. The van der Waals surface area contributed by atoms with E-state index >= 15 is 0 Å². The lowest BCUT2D eigenvalue weighted by Gasteiger charge is -2.24. The van der Waals surface area contributed by atoms with Crippen LogP contribution in [0.15, 0.2) is 48.5 Å². The van der Waals surface area contributed by atoms with Gasteiger partial charge in [0.25, 0.3) is 0 Å². The average Bonchev–Trinajstić information content (AvgIpc) is 3.20. The smallest absolute Gasteiger partial charge is 0.323 e. The molecule has 0 unspecified atom stereocenters. The van der Waals surface area contributed by atoms with Gasteiger partial charge >= 0.3 is 5.97 Å². The van der Waals surface area contributed by atoms with Gasteiger partial charge in [-0.05, 0) is 49.4 Å².